The van der Waals surface area contributed by atoms with Crippen LogP contribution in [0.1, 0.15) is 6.92 Å². The fourth-order valence-electron chi connectivity index (χ4n) is 0.375. The van der Waals surface area contributed by atoms with E-state index in [9.17, 15) is 0 Å². The van der Waals surface area contributed by atoms with E-state index in [0.717, 1.165) is 0 Å². The average molecular weight is 246 g/mol. The van der Waals surface area contributed by atoms with E-state index < -0.39 is 6.10 Å². The highest BCUT2D eigenvalue weighted by atomic mass is 127. The maximum absolute atomic E-state index is 8.93. The Morgan fingerprint density at radius 1 is 1.56 bits per heavy atom. The van der Waals surface area contributed by atoms with Crippen molar-refractivity contribution in [1.82, 2.24) is 0 Å². The standard InChI is InChI=1S/C5H11IO3/c1-2-8-3-5(7)4-9-6/h5,7H,2-4H2,1H3. The lowest BCUT2D eigenvalue weighted by molar-refractivity contribution is 0.0248. The summed E-state index contributed by atoms with van der Waals surface area (Å²) in [6.45, 7) is 3.22. The topological polar surface area (TPSA) is 38.7 Å². The van der Waals surface area contributed by atoms with Crippen LogP contribution < -0.4 is 0 Å². The smallest absolute Gasteiger partial charge is 0.109 e. The number of hydrogen-bond donors (Lipinski definition) is 1. The van der Waals surface area contributed by atoms with E-state index in [0.29, 0.717) is 19.8 Å². The van der Waals surface area contributed by atoms with Crippen molar-refractivity contribution < 1.29 is 12.9 Å². The Kier molecular flexibility index (Phi) is 7.18. The summed E-state index contributed by atoms with van der Waals surface area (Å²) in [4.78, 5) is 0. The fourth-order valence-corrected chi connectivity index (χ4v) is 0.790. The Morgan fingerprint density at radius 2 is 2.22 bits per heavy atom. The van der Waals surface area contributed by atoms with Crippen molar-refractivity contribution in [1.29, 1.82) is 0 Å². The molecule has 1 atom stereocenters. The molecule has 0 fully saturated rings. The maximum atomic E-state index is 8.93. The van der Waals surface area contributed by atoms with Crippen LogP contribution in [0.3, 0.4) is 0 Å². The van der Waals surface area contributed by atoms with Crippen LogP contribution in [0.4, 0.5) is 0 Å². The van der Waals surface area contributed by atoms with E-state index in [1.807, 2.05) is 6.92 Å². The van der Waals surface area contributed by atoms with Gasteiger partial charge in [0.05, 0.1) is 13.2 Å². The number of hydrogen-bond acceptors (Lipinski definition) is 3. The molecular formula is C5H11IO3. The average Bonchev–Trinajstić information content (AvgIpc) is 1.85. The van der Waals surface area contributed by atoms with Crippen LogP contribution in [-0.4, -0.2) is 31.0 Å². The number of ether oxygens (including phenoxy) is 1. The normalized spacial score (nSPS) is 13.7. The summed E-state index contributed by atoms with van der Waals surface area (Å²) in [6.07, 6.45) is -0.484. The third kappa shape index (κ3) is 6.50. The lowest BCUT2D eigenvalue weighted by atomic mass is 10.4. The number of aliphatic hydroxyl groups excluding tert-OH is 1. The van der Waals surface area contributed by atoms with E-state index in [-0.39, 0.29) is 0 Å². The first-order valence-electron chi connectivity index (χ1n) is 2.80. The van der Waals surface area contributed by atoms with Crippen molar-refractivity contribution in [3.8, 4) is 0 Å². The van der Waals surface area contributed by atoms with Crippen LogP contribution in [0.5, 0.6) is 0 Å². The predicted molar refractivity (Wildman–Crippen MR) is 42.5 cm³/mol. The first kappa shape index (κ1) is 9.61. The minimum atomic E-state index is -0.484. The van der Waals surface area contributed by atoms with Crippen LogP contribution >= 0.6 is 23.0 Å². The van der Waals surface area contributed by atoms with Gasteiger partial charge in [-0.2, -0.15) is 0 Å². The van der Waals surface area contributed by atoms with Gasteiger partial charge in [-0.15, -0.1) is 0 Å². The minimum Gasteiger partial charge on any atom is -0.388 e. The highest BCUT2D eigenvalue weighted by Crippen LogP contribution is 1.91. The quantitative estimate of drug-likeness (QED) is 0.727. The van der Waals surface area contributed by atoms with E-state index >= 15 is 0 Å². The molecule has 0 bridgehead atoms. The number of aliphatic hydroxyl groups is 1. The van der Waals surface area contributed by atoms with Gasteiger partial charge < -0.3 is 12.9 Å². The predicted octanol–water partition coefficient (Wildman–Crippen LogP) is 0.750. The highest BCUT2D eigenvalue weighted by molar-refractivity contribution is 14.1. The Bertz CT molecular complexity index is 60.2. The lowest BCUT2D eigenvalue weighted by Crippen LogP contribution is -2.19. The molecule has 0 rings (SSSR count). The minimum absolute atomic E-state index is 0.334. The van der Waals surface area contributed by atoms with Gasteiger partial charge in [-0.1, -0.05) is 0 Å². The van der Waals surface area contributed by atoms with Gasteiger partial charge in [-0.25, -0.2) is 0 Å². The summed E-state index contributed by atoms with van der Waals surface area (Å²) < 4.78 is 9.56. The molecule has 9 heavy (non-hydrogen) atoms. The van der Waals surface area contributed by atoms with Gasteiger partial charge in [0.1, 0.15) is 29.1 Å². The first-order valence-corrected chi connectivity index (χ1v) is 3.68. The summed E-state index contributed by atoms with van der Waals surface area (Å²) in [6, 6.07) is 0. The molecule has 0 aromatic heterocycles. The van der Waals surface area contributed by atoms with Gasteiger partial charge in [0.2, 0.25) is 0 Å². The molecule has 4 heteroatoms. The molecule has 0 saturated heterocycles. The van der Waals surface area contributed by atoms with Gasteiger partial charge >= 0.3 is 0 Å². The molecule has 56 valence electrons. The summed E-state index contributed by atoms with van der Waals surface area (Å²) in [5, 5.41) is 8.93. The zero-order valence-corrected chi connectivity index (χ0v) is 7.50. The molecule has 1 unspecified atom stereocenters. The van der Waals surface area contributed by atoms with Crippen LogP contribution in [0.2, 0.25) is 0 Å². The largest absolute Gasteiger partial charge is 0.388 e. The molecule has 0 aliphatic carbocycles. The maximum Gasteiger partial charge on any atom is 0.109 e. The zero-order chi connectivity index (χ0) is 7.11. The molecule has 0 aromatic carbocycles. The van der Waals surface area contributed by atoms with E-state index in [1.165, 1.54) is 0 Å². The second-order valence-corrected chi connectivity index (χ2v) is 2.21. The summed E-state index contributed by atoms with van der Waals surface area (Å²) in [5.74, 6) is 0. The molecule has 0 heterocycles. The third-order valence-corrected chi connectivity index (χ3v) is 1.13. The van der Waals surface area contributed by atoms with Crippen molar-refractivity contribution in [2.75, 3.05) is 19.8 Å². The summed E-state index contributed by atoms with van der Waals surface area (Å²) >= 11 is 1.74. The van der Waals surface area contributed by atoms with E-state index in [4.69, 9.17) is 9.84 Å². The summed E-state index contributed by atoms with van der Waals surface area (Å²) in [7, 11) is 0. The van der Waals surface area contributed by atoms with Crippen LogP contribution in [0, 0.1) is 0 Å². The Morgan fingerprint density at radius 3 is 2.67 bits per heavy atom. The first-order chi connectivity index (χ1) is 4.31. The van der Waals surface area contributed by atoms with Crippen molar-refractivity contribution in [3.63, 3.8) is 0 Å². The number of halogens is 1. The molecule has 3 nitrogen and oxygen atoms in total. The molecule has 1 N–H and O–H groups in total. The van der Waals surface area contributed by atoms with Crippen molar-refractivity contribution in [3.05, 3.63) is 0 Å². The van der Waals surface area contributed by atoms with E-state index in [2.05, 4.69) is 3.07 Å². The molecule has 0 saturated carbocycles. The lowest BCUT2D eigenvalue weighted by Gasteiger charge is -2.06. The second-order valence-electron chi connectivity index (χ2n) is 1.59. The van der Waals surface area contributed by atoms with Gasteiger partial charge in [0, 0.05) is 6.61 Å². The van der Waals surface area contributed by atoms with Gasteiger partial charge in [-0.3, -0.25) is 0 Å². The molecule has 0 spiro atoms. The second kappa shape index (κ2) is 6.73. The SMILES string of the molecule is CCOCC(O)COI. The molecular weight excluding hydrogens is 235 g/mol. The van der Waals surface area contributed by atoms with Crippen LogP contribution in [-0.2, 0) is 7.80 Å². The third-order valence-electron chi connectivity index (χ3n) is 0.770. The van der Waals surface area contributed by atoms with Gasteiger partial charge in [0.25, 0.3) is 0 Å². The van der Waals surface area contributed by atoms with Crippen molar-refractivity contribution in [2.45, 2.75) is 13.0 Å². The fraction of sp³-hybridized carbons (Fsp3) is 1.00. The molecule has 0 aromatic rings. The Balaban J connectivity index is 2.95. The monoisotopic (exact) mass is 246 g/mol. The van der Waals surface area contributed by atoms with Gasteiger partial charge in [0.15, 0.2) is 0 Å². The molecule has 0 radical (unpaired) electrons. The van der Waals surface area contributed by atoms with Crippen molar-refractivity contribution >= 4 is 23.0 Å². The zero-order valence-electron chi connectivity index (χ0n) is 5.34. The van der Waals surface area contributed by atoms with Crippen LogP contribution in [0.25, 0.3) is 0 Å². The van der Waals surface area contributed by atoms with E-state index in [1.54, 1.807) is 23.0 Å². The Labute approximate surface area is 69.0 Å². The van der Waals surface area contributed by atoms with Crippen molar-refractivity contribution in [2.24, 2.45) is 0 Å². The Hall–Kier alpha value is 0.610. The summed E-state index contributed by atoms with van der Waals surface area (Å²) in [5.41, 5.74) is 0. The van der Waals surface area contributed by atoms with Crippen LogP contribution in [0.15, 0.2) is 0 Å². The number of rotatable bonds is 5. The molecule has 0 aliphatic heterocycles. The van der Waals surface area contributed by atoms with Gasteiger partial charge in [-0.05, 0) is 6.92 Å². The molecule has 0 aliphatic rings. The molecule has 0 amide bonds. The highest BCUT2D eigenvalue weighted by Gasteiger charge is 2.01.